The fourth-order valence-corrected chi connectivity index (χ4v) is 3.75. The molecule has 0 aliphatic heterocycles. The van der Waals surface area contributed by atoms with E-state index in [0.717, 1.165) is 32.1 Å². The van der Waals surface area contributed by atoms with Crippen molar-refractivity contribution in [2.75, 3.05) is 18.9 Å². The van der Waals surface area contributed by atoms with E-state index in [-0.39, 0.29) is 18.6 Å². The van der Waals surface area contributed by atoms with Gasteiger partial charge in [0.15, 0.2) is 18.5 Å². The van der Waals surface area contributed by atoms with Gasteiger partial charge in [0, 0.05) is 12.2 Å². The SMILES string of the molecule is CC1CCCCCCC1OC(C=O)C(CO)OC(=O)CNNC(=O)CCSP. The van der Waals surface area contributed by atoms with Gasteiger partial charge < -0.3 is 19.4 Å². The third-order valence-corrected chi connectivity index (χ3v) is 5.88. The van der Waals surface area contributed by atoms with Crippen molar-refractivity contribution in [2.45, 2.75) is 70.2 Å². The van der Waals surface area contributed by atoms with E-state index < -0.39 is 24.8 Å². The van der Waals surface area contributed by atoms with E-state index in [9.17, 15) is 19.5 Å². The quantitative estimate of drug-likeness (QED) is 0.182. The lowest BCUT2D eigenvalue weighted by atomic mass is 9.90. The van der Waals surface area contributed by atoms with Gasteiger partial charge in [0.05, 0.1) is 12.7 Å². The van der Waals surface area contributed by atoms with Gasteiger partial charge in [-0.2, -0.15) is 0 Å². The Hall–Kier alpha value is -0.730. The Bertz CT molecular complexity index is 485. The van der Waals surface area contributed by atoms with Crippen LogP contribution in [-0.4, -0.2) is 60.5 Å². The topological polar surface area (TPSA) is 114 Å². The second kappa shape index (κ2) is 15.2. The zero-order chi connectivity index (χ0) is 20.8. The highest BCUT2D eigenvalue weighted by molar-refractivity contribution is 8.43. The van der Waals surface area contributed by atoms with Gasteiger partial charge in [-0.25, -0.2) is 5.43 Å². The first-order chi connectivity index (χ1) is 13.5. The molecule has 0 spiro atoms. The molecule has 0 radical (unpaired) electrons. The van der Waals surface area contributed by atoms with Crippen molar-refractivity contribution in [3.63, 3.8) is 0 Å². The van der Waals surface area contributed by atoms with E-state index >= 15 is 0 Å². The number of nitrogens with one attached hydrogen (secondary N) is 2. The molecule has 0 heterocycles. The Morgan fingerprint density at radius 2 is 2.00 bits per heavy atom. The molecule has 1 amide bonds. The van der Waals surface area contributed by atoms with E-state index in [1.165, 1.54) is 17.8 Å². The number of amides is 1. The molecule has 0 aromatic carbocycles. The van der Waals surface area contributed by atoms with Crippen LogP contribution in [0.3, 0.4) is 0 Å². The van der Waals surface area contributed by atoms with Gasteiger partial charge in [0.1, 0.15) is 6.54 Å². The largest absolute Gasteiger partial charge is 0.456 e. The van der Waals surface area contributed by atoms with Gasteiger partial charge in [0.25, 0.3) is 0 Å². The standard InChI is InChI=1S/C18H33N2O6PS/c1-13-6-4-2-3-5-7-14(13)25-15(11-21)16(12-22)26-18(24)10-19-20-17(23)8-9-28-27/h11,13-16,19,22H,2-10,12,27H2,1H3,(H,20,23). The maximum atomic E-state index is 12.0. The average molecular weight is 437 g/mol. The molecule has 1 rings (SSSR count). The van der Waals surface area contributed by atoms with E-state index in [0.29, 0.717) is 24.4 Å². The summed E-state index contributed by atoms with van der Waals surface area (Å²) < 4.78 is 11.1. The van der Waals surface area contributed by atoms with Crippen LogP contribution in [0.4, 0.5) is 0 Å². The first-order valence-corrected chi connectivity index (χ1v) is 12.2. The summed E-state index contributed by atoms with van der Waals surface area (Å²) in [6.07, 6.45) is 5.10. The van der Waals surface area contributed by atoms with Crippen LogP contribution in [0.5, 0.6) is 0 Å². The molecule has 28 heavy (non-hydrogen) atoms. The summed E-state index contributed by atoms with van der Waals surface area (Å²) in [6.45, 7) is 1.30. The lowest BCUT2D eigenvalue weighted by molar-refractivity contribution is -0.168. The molecule has 162 valence electrons. The number of ether oxygens (including phenoxy) is 2. The van der Waals surface area contributed by atoms with E-state index in [2.05, 4.69) is 26.2 Å². The van der Waals surface area contributed by atoms with Gasteiger partial charge in [-0.15, -0.1) is 11.4 Å². The number of carbonyl (C=O) groups excluding carboxylic acids is 3. The van der Waals surface area contributed by atoms with Gasteiger partial charge in [-0.1, -0.05) is 41.0 Å². The van der Waals surface area contributed by atoms with Gasteiger partial charge in [-0.05, 0) is 18.8 Å². The minimum absolute atomic E-state index is 0.102. The van der Waals surface area contributed by atoms with Crippen molar-refractivity contribution in [1.82, 2.24) is 10.9 Å². The molecule has 1 fully saturated rings. The number of carbonyl (C=O) groups is 3. The van der Waals surface area contributed by atoms with Gasteiger partial charge >= 0.3 is 5.97 Å². The zero-order valence-corrected chi connectivity index (χ0v) is 18.4. The second-order valence-electron chi connectivity index (χ2n) is 6.98. The minimum atomic E-state index is -1.08. The number of aliphatic hydroxyl groups is 1. The van der Waals surface area contributed by atoms with Crippen LogP contribution in [0.1, 0.15) is 51.9 Å². The minimum Gasteiger partial charge on any atom is -0.456 e. The van der Waals surface area contributed by atoms with Crippen molar-refractivity contribution in [3.8, 4) is 0 Å². The summed E-state index contributed by atoms with van der Waals surface area (Å²) in [5, 5.41) is 9.57. The fraction of sp³-hybridized carbons (Fsp3) is 0.833. The van der Waals surface area contributed by atoms with Crippen LogP contribution in [-0.2, 0) is 23.9 Å². The van der Waals surface area contributed by atoms with Crippen molar-refractivity contribution in [2.24, 2.45) is 5.92 Å². The van der Waals surface area contributed by atoms with Gasteiger partial charge in [-0.3, -0.25) is 15.0 Å². The number of hydrogen-bond donors (Lipinski definition) is 3. The Morgan fingerprint density at radius 3 is 2.64 bits per heavy atom. The number of hydrazine groups is 1. The summed E-state index contributed by atoms with van der Waals surface area (Å²) in [4.78, 5) is 34.9. The first-order valence-electron chi connectivity index (χ1n) is 9.76. The first kappa shape index (κ1) is 25.3. The van der Waals surface area contributed by atoms with Gasteiger partial charge in [0.2, 0.25) is 5.91 Å². The molecule has 5 unspecified atom stereocenters. The molecule has 10 heteroatoms. The Morgan fingerprint density at radius 1 is 1.29 bits per heavy atom. The molecule has 3 N–H and O–H groups in total. The average Bonchev–Trinajstić information content (AvgIpc) is 2.67. The highest BCUT2D eigenvalue weighted by Gasteiger charge is 2.30. The maximum absolute atomic E-state index is 12.0. The molecule has 0 aromatic rings. The summed E-state index contributed by atoms with van der Waals surface area (Å²) in [7, 11) is 2.45. The summed E-state index contributed by atoms with van der Waals surface area (Å²) in [5.41, 5.74) is 4.87. The molecular formula is C18H33N2O6PS. The predicted molar refractivity (Wildman–Crippen MR) is 111 cm³/mol. The Labute approximate surface area is 173 Å². The molecular weight excluding hydrogens is 403 g/mol. The third-order valence-electron chi connectivity index (χ3n) is 4.74. The predicted octanol–water partition coefficient (Wildman–Crippen LogP) is 1.37. The highest BCUT2D eigenvalue weighted by atomic mass is 32.7. The normalized spacial score (nSPS) is 22.4. The Kier molecular flexibility index (Phi) is 13.7. The van der Waals surface area contributed by atoms with Crippen LogP contribution >= 0.6 is 19.8 Å². The van der Waals surface area contributed by atoms with E-state index in [4.69, 9.17) is 9.47 Å². The lowest BCUT2D eigenvalue weighted by Crippen LogP contribution is -2.45. The van der Waals surface area contributed by atoms with E-state index in [1.54, 1.807) is 0 Å². The second-order valence-corrected chi connectivity index (χ2v) is 8.72. The zero-order valence-electron chi connectivity index (χ0n) is 16.4. The number of aldehydes is 1. The summed E-state index contributed by atoms with van der Waals surface area (Å²) in [5.74, 6) is 0.0109. The smallest absolute Gasteiger partial charge is 0.322 e. The monoisotopic (exact) mass is 436 g/mol. The highest BCUT2D eigenvalue weighted by Crippen LogP contribution is 2.26. The molecule has 0 saturated heterocycles. The lowest BCUT2D eigenvalue weighted by Gasteiger charge is -2.31. The van der Waals surface area contributed by atoms with Crippen LogP contribution < -0.4 is 10.9 Å². The fourth-order valence-electron chi connectivity index (χ4n) is 3.09. The molecule has 1 saturated carbocycles. The van der Waals surface area contributed by atoms with Crippen LogP contribution in [0, 0.1) is 5.92 Å². The van der Waals surface area contributed by atoms with Crippen molar-refractivity contribution >= 4 is 38.0 Å². The number of hydrogen-bond acceptors (Lipinski definition) is 8. The van der Waals surface area contributed by atoms with Crippen LogP contribution in [0.2, 0.25) is 0 Å². The molecule has 1 aliphatic carbocycles. The molecule has 8 nitrogen and oxygen atoms in total. The third kappa shape index (κ3) is 10.2. The summed E-state index contributed by atoms with van der Waals surface area (Å²) in [6, 6.07) is 0. The van der Waals surface area contributed by atoms with Crippen molar-refractivity contribution in [3.05, 3.63) is 0 Å². The molecule has 0 aromatic heterocycles. The number of rotatable bonds is 12. The van der Waals surface area contributed by atoms with Crippen molar-refractivity contribution in [1.29, 1.82) is 0 Å². The van der Waals surface area contributed by atoms with Crippen LogP contribution in [0.25, 0.3) is 0 Å². The van der Waals surface area contributed by atoms with Crippen LogP contribution in [0.15, 0.2) is 0 Å². The summed E-state index contributed by atoms with van der Waals surface area (Å²) >= 11 is 1.47. The number of aliphatic hydroxyl groups excluding tert-OH is 1. The molecule has 0 bridgehead atoms. The number of esters is 1. The van der Waals surface area contributed by atoms with Crippen molar-refractivity contribution < 1.29 is 29.0 Å². The Balaban J connectivity index is 2.47. The molecule has 1 aliphatic rings. The maximum Gasteiger partial charge on any atom is 0.322 e. The van der Waals surface area contributed by atoms with E-state index in [1.807, 2.05) is 0 Å². The molecule has 5 atom stereocenters.